The van der Waals surface area contributed by atoms with Crippen LogP contribution >= 0.6 is 0 Å². The molecular weight excluding hydrogens is 637 g/mol. The monoisotopic (exact) mass is 675 g/mol. The van der Waals surface area contributed by atoms with Crippen molar-refractivity contribution in [1.82, 2.24) is 10.3 Å². The number of carbonyl (C=O) groups is 3. The SMILES string of the molecule is Cc1c(C(F)(F)F)cnc(N2CCCC(F)(F)CC2)c1C(=O)Nc1cccc([S@@](C)(=O)=NC(=O)C(C)(C)NC(=O)OC(C)(C)C)c1. The summed E-state index contributed by atoms with van der Waals surface area (Å²) < 4.78 is 92.0. The number of pyridine rings is 1. The Bertz CT molecular complexity index is 1630. The number of rotatable bonds is 6. The molecule has 254 valence electrons. The largest absolute Gasteiger partial charge is 0.444 e. The molecule has 1 aromatic heterocycles. The first-order valence-electron chi connectivity index (χ1n) is 14.3. The van der Waals surface area contributed by atoms with Crippen LogP contribution < -0.4 is 15.5 Å². The molecule has 0 spiro atoms. The maximum Gasteiger partial charge on any atom is 0.418 e. The molecule has 10 nitrogen and oxygen atoms in total. The van der Waals surface area contributed by atoms with Crippen molar-refractivity contribution in [2.45, 2.75) is 88.9 Å². The van der Waals surface area contributed by atoms with E-state index < -0.39 is 80.4 Å². The summed E-state index contributed by atoms with van der Waals surface area (Å²) in [6.07, 6.45) is -4.91. The molecule has 2 heterocycles. The third-order valence-electron chi connectivity index (χ3n) is 7.00. The number of nitrogens with zero attached hydrogens (tertiary/aromatic N) is 3. The molecule has 1 aliphatic rings. The first-order chi connectivity index (χ1) is 20.9. The summed E-state index contributed by atoms with van der Waals surface area (Å²) in [4.78, 5) is 44.0. The van der Waals surface area contributed by atoms with E-state index in [-0.39, 0.29) is 35.9 Å². The van der Waals surface area contributed by atoms with Crippen molar-refractivity contribution in [3.8, 4) is 0 Å². The Labute approximate surface area is 264 Å². The minimum absolute atomic E-state index is 0.000537. The first-order valence-corrected chi connectivity index (χ1v) is 16.2. The van der Waals surface area contributed by atoms with E-state index >= 15 is 0 Å². The number of amides is 3. The molecule has 2 aromatic rings. The van der Waals surface area contributed by atoms with Crippen molar-refractivity contribution < 1.29 is 45.3 Å². The van der Waals surface area contributed by atoms with Gasteiger partial charge in [-0.25, -0.2) is 22.8 Å². The fraction of sp³-hybridized carbons (Fsp3) is 0.533. The number of ether oxygens (including phenoxy) is 1. The molecule has 3 amide bonds. The van der Waals surface area contributed by atoms with E-state index in [9.17, 15) is 40.5 Å². The van der Waals surface area contributed by atoms with Gasteiger partial charge in [-0.15, -0.1) is 0 Å². The van der Waals surface area contributed by atoms with Crippen LogP contribution in [0.3, 0.4) is 0 Å². The minimum Gasteiger partial charge on any atom is -0.444 e. The van der Waals surface area contributed by atoms with Crippen molar-refractivity contribution in [2.24, 2.45) is 4.36 Å². The summed E-state index contributed by atoms with van der Waals surface area (Å²) in [7, 11) is -3.47. The Kier molecular flexibility index (Phi) is 10.5. The van der Waals surface area contributed by atoms with Crippen LogP contribution in [-0.2, 0) is 25.4 Å². The van der Waals surface area contributed by atoms with E-state index in [1.54, 1.807) is 20.8 Å². The Hall–Kier alpha value is -3.82. The van der Waals surface area contributed by atoms with Crippen molar-refractivity contribution in [2.75, 3.05) is 29.6 Å². The Morgan fingerprint density at radius 3 is 2.33 bits per heavy atom. The van der Waals surface area contributed by atoms with Gasteiger partial charge in [-0.1, -0.05) is 6.07 Å². The van der Waals surface area contributed by atoms with Gasteiger partial charge in [0.2, 0.25) is 5.92 Å². The molecule has 46 heavy (non-hydrogen) atoms. The average molecular weight is 676 g/mol. The van der Waals surface area contributed by atoms with Gasteiger partial charge in [0.25, 0.3) is 11.8 Å². The highest BCUT2D eigenvalue weighted by atomic mass is 32.2. The van der Waals surface area contributed by atoms with E-state index in [0.29, 0.717) is 6.20 Å². The highest BCUT2D eigenvalue weighted by Gasteiger charge is 2.38. The van der Waals surface area contributed by atoms with E-state index in [1.165, 1.54) is 49.3 Å². The Balaban J connectivity index is 1.95. The van der Waals surface area contributed by atoms with Gasteiger partial charge in [-0.3, -0.25) is 9.59 Å². The van der Waals surface area contributed by atoms with Gasteiger partial charge in [-0.05, 0) is 71.7 Å². The van der Waals surface area contributed by atoms with Crippen molar-refractivity contribution in [3.63, 3.8) is 0 Å². The smallest absolute Gasteiger partial charge is 0.418 e. The summed E-state index contributed by atoms with van der Waals surface area (Å²) in [6, 6.07) is 5.40. The second-order valence-electron chi connectivity index (χ2n) is 12.6. The Morgan fingerprint density at radius 1 is 1.07 bits per heavy atom. The molecule has 0 saturated carbocycles. The number of anilines is 2. The molecule has 1 saturated heterocycles. The fourth-order valence-electron chi connectivity index (χ4n) is 4.60. The van der Waals surface area contributed by atoms with Crippen LogP contribution in [0.25, 0.3) is 0 Å². The highest BCUT2D eigenvalue weighted by molar-refractivity contribution is 7.93. The molecule has 1 atom stereocenters. The predicted molar refractivity (Wildman–Crippen MR) is 163 cm³/mol. The molecule has 0 bridgehead atoms. The van der Waals surface area contributed by atoms with Gasteiger partial charge in [0, 0.05) is 49.0 Å². The van der Waals surface area contributed by atoms with Gasteiger partial charge in [-0.2, -0.15) is 17.5 Å². The number of hydrogen-bond acceptors (Lipinski definition) is 7. The van der Waals surface area contributed by atoms with Crippen molar-refractivity contribution in [3.05, 3.63) is 47.2 Å². The molecule has 0 radical (unpaired) electrons. The van der Waals surface area contributed by atoms with Crippen LogP contribution in [0.1, 0.15) is 75.4 Å². The van der Waals surface area contributed by atoms with Crippen LogP contribution in [0.4, 0.5) is 38.3 Å². The summed E-state index contributed by atoms with van der Waals surface area (Å²) in [5, 5.41) is 4.87. The zero-order chi connectivity index (χ0) is 34.9. The van der Waals surface area contributed by atoms with E-state index in [1.807, 2.05) is 0 Å². The number of benzene rings is 1. The molecule has 1 aliphatic heterocycles. The average Bonchev–Trinajstić information content (AvgIpc) is 3.06. The van der Waals surface area contributed by atoms with Crippen LogP contribution in [0.15, 0.2) is 39.7 Å². The summed E-state index contributed by atoms with van der Waals surface area (Å²) in [5.41, 5.74) is -4.48. The second kappa shape index (κ2) is 13.1. The van der Waals surface area contributed by atoms with Crippen LogP contribution in [0, 0.1) is 6.92 Å². The molecule has 16 heteroatoms. The number of nitrogens with one attached hydrogen (secondary N) is 2. The standard InChI is InChI=1S/C30H38F5N5O5S/c1-18-21(30(33,34)35)17-36-23(40-14-9-12-29(31,32)13-15-40)22(18)24(41)37-19-10-8-11-20(16-19)46(7,44)39-25(42)28(5,6)38-26(43)45-27(2,3)4/h8,10-11,16-17H,9,12-15H2,1-7H3,(H,37,41)(H,38,43)/t46-/m1/s1. The number of hydrogen-bond donors (Lipinski definition) is 2. The molecule has 1 fully saturated rings. The fourth-order valence-corrected chi connectivity index (χ4v) is 5.93. The molecule has 3 rings (SSSR count). The van der Waals surface area contributed by atoms with Crippen LogP contribution in [-0.4, -0.2) is 63.5 Å². The normalized spacial score (nSPS) is 16.9. The van der Waals surface area contributed by atoms with Gasteiger partial charge in [0.15, 0.2) is 0 Å². The van der Waals surface area contributed by atoms with Crippen molar-refractivity contribution in [1.29, 1.82) is 0 Å². The summed E-state index contributed by atoms with van der Waals surface area (Å²) >= 11 is 0. The van der Waals surface area contributed by atoms with Gasteiger partial charge in [0.05, 0.1) is 20.9 Å². The minimum atomic E-state index is -4.84. The number of alkyl halides is 5. The number of carbonyl (C=O) groups excluding carboxylic acids is 3. The second-order valence-corrected chi connectivity index (χ2v) is 14.9. The van der Waals surface area contributed by atoms with Crippen LogP contribution in [0.5, 0.6) is 0 Å². The quantitative estimate of drug-likeness (QED) is 0.331. The molecular formula is C30H38F5N5O5S. The first kappa shape index (κ1) is 36.6. The van der Waals surface area contributed by atoms with E-state index in [0.717, 1.165) is 6.92 Å². The zero-order valence-electron chi connectivity index (χ0n) is 26.6. The number of halogens is 5. The van der Waals surface area contributed by atoms with Crippen molar-refractivity contribution >= 4 is 39.1 Å². The lowest BCUT2D eigenvalue weighted by Crippen LogP contribution is -2.50. The highest BCUT2D eigenvalue weighted by Crippen LogP contribution is 2.37. The maximum atomic E-state index is 14.0. The topological polar surface area (TPSA) is 130 Å². The molecule has 1 aromatic carbocycles. The summed E-state index contributed by atoms with van der Waals surface area (Å²) in [6.45, 7) is 8.53. The predicted octanol–water partition coefficient (Wildman–Crippen LogP) is 6.57. The molecule has 0 unspecified atom stereocenters. The third-order valence-corrected chi connectivity index (χ3v) is 8.65. The van der Waals surface area contributed by atoms with Gasteiger partial charge < -0.3 is 20.3 Å². The van der Waals surface area contributed by atoms with Crippen LogP contribution in [0.2, 0.25) is 0 Å². The number of aromatic nitrogens is 1. The molecule has 0 aliphatic carbocycles. The van der Waals surface area contributed by atoms with E-state index in [4.69, 9.17) is 4.74 Å². The lowest BCUT2D eigenvalue weighted by atomic mass is 10.0. The van der Waals surface area contributed by atoms with Gasteiger partial charge in [0.1, 0.15) is 17.0 Å². The van der Waals surface area contributed by atoms with Gasteiger partial charge >= 0.3 is 12.3 Å². The molecule has 2 N–H and O–H groups in total. The number of alkyl carbamates (subject to hydrolysis) is 1. The lowest BCUT2D eigenvalue weighted by Gasteiger charge is -2.26. The lowest BCUT2D eigenvalue weighted by molar-refractivity contribution is -0.138. The Morgan fingerprint density at radius 2 is 1.72 bits per heavy atom. The maximum absolute atomic E-state index is 14.0. The summed E-state index contributed by atoms with van der Waals surface area (Å²) in [5.74, 6) is -5.06. The zero-order valence-corrected chi connectivity index (χ0v) is 27.4. The van der Waals surface area contributed by atoms with E-state index in [2.05, 4.69) is 20.0 Å². The third kappa shape index (κ3) is 9.36.